The second-order valence-corrected chi connectivity index (χ2v) is 4.54. The molecule has 1 amide bonds. The number of carbonyl (C=O) groups is 2. The second kappa shape index (κ2) is 10.2. The Balaban J connectivity index is 0.000000224. The Morgan fingerprint density at radius 2 is 1.36 bits per heavy atom. The van der Waals surface area contributed by atoms with Gasteiger partial charge < -0.3 is 25.3 Å². The molecule has 0 unspecified atom stereocenters. The Morgan fingerprint density at radius 1 is 0.909 bits per heavy atom. The van der Waals surface area contributed by atoms with Crippen molar-refractivity contribution in [2.45, 2.75) is 25.9 Å². The largest absolute Gasteiger partial charge is 0.481 e. The van der Waals surface area contributed by atoms with Crippen LogP contribution in [-0.2, 0) is 22.7 Å². The van der Waals surface area contributed by atoms with Gasteiger partial charge in [-0.1, -0.05) is 0 Å². The Morgan fingerprint density at radius 3 is 1.77 bits per heavy atom. The SMILES string of the molecule is NCNC(=O)CCn1cccc1.O=C(O)CCn1cccc1. The number of rotatable bonds is 7. The third-order valence-electron chi connectivity index (χ3n) is 2.81. The van der Waals surface area contributed by atoms with Crippen molar-refractivity contribution in [2.24, 2.45) is 5.73 Å². The first-order chi connectivity index (χ1) is 10.6. The lowest BCUT2D eigenvalue weighted by Gasteiger charge is -2.02. The molecule has 0 aliphatic rings. The number of aromatic nitrogens is 2. The standard InChI is InChI=1S/C8H13N3O.C7H9NO2/c9-7-10-8(12)3-6-11-4-1-2-5-11;9-7(10)3-6-8-4-1-2-5-8/h1-2,4-5H,3,6-7,9H2,(H,10,12);1-2,4-5H,3,6H2,(H,9,10). The zero-order chi connectivity index (χ0) is 16.2. The highest BCUT2D eigenvalue weighted by Crippen LogP contribution is 1.93. The molecule has 0 aromatic carbocycles. The van der Waals surface area contributed by atoms with E-state index < -0.39 is 5.97 Å². The molecule has 2 heterocycles. The zero-order valence-electron chi connectivity index (χ0n) is 12.4. The average Bonchev–Trinajstić information content (AvgIpc) is 3.17. The predicted molar refractivity (Wildman–Crippen MR) is 82.9 cm³/mol. The molecule has 0 radical (unpaired) electrons. The number of hydrogen-bond acceptors (Lipinski definition) is 3. The summed E-state index contributed by atoms with van der Waals surface area (Å²) in [5, 5.41) is 10.8. The summed E-state index contributed by atoms with van der Waals surface area (Å²) in [5.74, 6) is -0.764. The van der Waals surface area contributed by atoms with Crippen LogP contribution in [0, 0.1) is 0 Å². The van der Waals surface area contributed by atoms with Gasteiger partial charge in [-0.15, -0.1) is 0 Å². The Bertz CT molecular complexity index is 535. The van der Waals surface area contributed by atoms with Crippen molar-refractivity contribution >= 4 is 11.9 Å². The minimum Gasteiger partial charge on any atom is -0.481 e. The second-order valence-electron chi connectivity index (χ2n) is 4.54. The van der Waals surface area contributed by atoms with Gasteiger partial charge in [0.15, 0.2) is 0 Å². The van der Waals surface area contributed by atoms with E-state index in [9.17, 15) is 9.59 Å². The highest BCUT2D eigenvalue weighted by molar-refractivity contribution is 5.75. The number of nitrogens with zero attached hydrogens (tertiary/aromatic N) is 2. The van der Waals surface area contributed by atoms with Crippen molar-refractivity contribution in [3.05, 3.63) is 49.1 Å². The molecule has 0 aliphatic carbocycles. The number of carbonyl (C=O) groups excluding carboxylic acids is 1. The first-order valence-electron chi connectivity index (χ1n) is 7.02. The lowest BCUT2D eigenvalue weighted by molar-refractivity contribution is -0.137. The van der Waals surface area contributed by atoms with Gasteiger partial charge in [-0.2, -0.15) is 0 Å². The number of aliphatic carboxylic acids is 1. The van der Waals surface area contributed by atoms with Crippen LogP contribution in [0.2, 0.25) is 0 Å². The molecule has 0 saturated carbocycles. The molecule has 0 spiro atoms. The predicted octanol–water partition coefficient (Wildman–Crippen LogP) is 0.873. The third-order valence-corrected chi connectivity index (χ3v) is 2.81. The smallest absolute Gasteiger partial charge is 0.305 e. The van der Waals surface area contributed by atoms with Gasteiger partial charge in [-0.05, 0) is 24.3 Å². The van der Waals surface area contributed by atoms with E-state index in [2.05, 4.69) is 5.32 Å². The molecule has 0 fully saturated rings. The quantitative estimate of drug-likeness (QED) is 0.661. The Kier molecular flexibility index (Phi) is 8.14. The maximum Gasteiger partial charge on any atom is 0.305 e. The minimum atomic E-state index is -0.756. The van der Waals surface area contributed by atoms with E-state index in [-0.39, 0.29) is 19.0 Å². The number of aryl methyl sites for hydroxylation is 2. The van der Waals surface area contributed by atoms with Crippen molar-refractivity contribution in [1.82, 2.24) is 14.5 Å². The first-order valence-corrected chi connectivity index (χ1v) is 7.02. The van der Waals surface area contributed by atoms with Crippen LogP contribution in [0.5, 0.6) is 0 Å². The van der Waals surface area contributed by atoms with Gasteiger partial charge in [0, 0.05) is 44.3 Å². The number of carboxylic acids is 1. The van der Waals surface area contributed by atoms with E-state index >= 15 is 0 Å². The summed E-state index contributed by atoms with van der Waals surface area (Å²) in [5.41, 5.74) is 5.14. The number of nitrogens with two attached hydrogens (primary N) is 1. The van der Waals surface area contributed by atoms with Gasteiger partial charge in [-0.25, -0.2) is 0 Å². The fraction of sp³-hybridized carbons (Fsp3) is 0.333. The van der Waals surface area contributed by atoms with E-state index in [1.165, 1.54) is 0 Å². The fourth-order valence-corrected chi connectivity index (χ4v) is 1.70. The summed E-state index contributed by atoms with van der Waals surface area (Å²) in [6, 6.07) is 7.62. The maximum atomic E-state index is 10.9. The Labute approximate surface area is 129 Å². The molecule has 0 bridgehead atoms. The van der Waals surface area contributed by atoms with Crippen molar-refractivity contribution < 1.29 is 14.7 Å². The van der Waals surface area contributed by atoms with Crippen LogP contribution >= 0.6 is 0 Å². The van der Waals surface area contributed by atoms with Gasteiger partial charge in [0.2, 0.25) is 5.91 Å². The first kappa shape index (κ1) is 17.5. The van der Waals surface area contributed by atoms with Crippen LogP contribution in [0.15, 0.2) is 49.1 Å². The van der Waals surface area contributed by atoms with Crippen LogP contribution in [0.4, 0.5) is 0 Å². The summed E-state index contributed by atoms with van der Waals surface area (Å²) in [7, 11) is 0. The molecule has 7 nitrogen and oxygen atoms in total. The molecule has 120 valence electrons. The number of hydrogen-bond donors (Lipinski definition) is 3. The topological polar surface area (TPSA) is 102 Å². The summed E-state index contributed by atoms with van der Waals surface area (Å²) >= 11 is 0. The summed E-state index contributed by atoms with van der Waals surface area (Å²) in [6.45, 7) is 1.48. The normalized spacial score (nSPS) is 9.68. The van der Waals surface area contributed by atoms with Crippen LogP contribution in [0.3, 0.4) is 0 Å². The fourth-order valence-electron chi connectivity index (χ4n) is 1.70. The van der Waals surface area contributed by atoms with Crippen LogP contribution in [0.25, 0.3) is 0 Å². The van der Waals surface area contributed by atoms with Gasteiger partial charge in [0.1, 0.15) is 0 Å². The lowest BCUT2D eigenvalue weighted by Crippen LogP contribution is -2.29. The maximum absolute atomic E-state index is 10.9. The van der Waals surface area contributed by atoms with E-state index in [0.717, 1.165) is 0 Å². The summed E-state index contributed by atoms with van der Waals surface area (Å²) < 4.78 is 3.80. The molecule has 22 heavy (non-hydrogen) atoms. The van der Waals surface area contributed by atoms with E-state index in [0.29, 0.717) is 19.5 Å². The molecular weight excluding hydrogens is 284 g/mol. The van der Waals surface area contributed by atoms with Crippen LogP contribution < -0.4 is 11.1 Å². The summed E-state index contributed by atoms with van der Waals surface area (Å²) in [4.78, 5) is 21.0. The lowest BCUT2D eigenvalue weighted by atomic mass is 10.4. The number of carboxylic acid groups (broad SMARTS) is 1. The zero-order valence-corrected chi connectivity index (χ0v) is 12.4. The van der Waals surface area contributed by atoms with E-state index in [4.69, 9.17) is 10.8 Å². The highest BCUT2D eigenvalue weighted by Gasteiger charge is 1.98. The third kappa shape index (κ3) is 7.91. The van der Waals surface area contributed by atoms with Gasteiger partial charge in [0.05, 0.1) is 13.1 Å². The van der Waals surface area contributed by atoms with E-state index in [1.54, 1.807) is 0 Å². The van der Waals surface area contributed by atoms with Crippen molar-refractivity contribution in [2.75, 3.05) is 6.67 Å². The molecule has 2 rings (SSSR count). The molecule has 0 saturated heterocycles. The number of amides is 1. The monoisotopic (exact) mass is 306 g/mol. The van der Waals surface area contributed by atoms with Crippen molar-refractivity contribution in [3.8, 4) is 0 Å². The molecule has 7 heteroatoms. The van der Waals surface area contributed by atoms with E-state index in [1.807, 2.05) is 58.2 Å². The Hall–Kier alpha value is -2.54. The molecule has 4 N–H and O–H groups in total. The van der Waals surface area contributed by atoms with Crippen LogP contribution in [-0.4, -0.2) is 32.8 Å². The minimum absolute atomic E-state index is 0.00815. The average molecular weight is 306 g/mol. The van der Waals surface area contributed by atoms with Gasteiger partial charge in [0.25, 0.3) is 0 Å². The van der Waals surface area contributed by atoms with Gasteiger partial charge in [-0.3, -0.25) is 9.59 Å². The van der Waals surface area contributed by atoms with Crippen LogP contribution in [0.1, 0.15) is 12.8 Å². The summed E-state index contributed by atoms with van der Waals surface area (Å²) in [6.07, 6.45) is 8.22. The molecule has 2 aromatic heterocycles. The van der Waals surface area contributed by atoms with Crippen molar-refractivity contribution in [1.29, 1.82) is 0 Å². The molecule has 0 aliphatic heterocycles. The molecule has 2 aromatic rings. The van der Waals surface area contributed by atoms with Gasteiger partial charge >= 0.3 is 5.97 Å². The number of nitrogens with one attached hydrogen (secondary N) is 1. The highest BCUT2D eigenvalue weighted by atomic mass is 16.4. The van der Waals surface area contributed by atoms with Crippen molar-refractivity contribution in [3.63, 3.8) is 0 Å². The molecular formula is C15H22N4O3. The molecule has 0 atom stereocenters.